The summed E-state index contributed by atoms with van der Waals surface area (Å²) < 4.78 is 11.9. The van der Waals surface area contributed by atoms with Crippen molar-refractivity contribution >= 4 is 6.09 Å². The van der Waals surface area contributed by atoms with Crippen LogP contribution in [0.2, 0.25) is 0 Å². The van der Waals surface area contributed by atoms with Gasteiger partial charge in [-0.25, -0.2) is 4.79 Å². The summed E-state index contributed by atoms with van der Waals surface area (Å²) in [7, 11) is 0. The summed E-state index contributed by atoms with van der Waals surface area (Å²) in [5.41, 5.74) is 4.64. The standard InChI is InChI=1S/C23H23NO3/c1-23-19(13-17-9-5-6-10-20(17)23)14-18(15-24-11-12-26-22(24)25)21(27-23)16-7-3-2-4-8-16/h2-10,15,19,21H,11-14H2,1H3/b18-15-/t19-,21+,23+/m1/s1. The van der Waals surface area contributed by atoms with Gasteiger partial charge in [0.25, 0.3) is 0 Å². The maximum absolute atomic E-state index is 12.0. The summed E-state index contributed by atoms with van der Waals surface area (Å²) in [4.78, 5) is 13.7. The average molecular weight is 361 g/mol. The third-order valence-electron chi connectivity index (χ3n) is 6.20. The Hall–Kier alpha value is -2.59. The number of fused-ring (bicyclic) bond motifs is 3. The Morgan fingerprint density at radius 1 is 1.07 bits per heavy atom. The Bertz CT molecular complexity index is 907. The van der Waals surface area contributed by atoms with Crippen molar-refractivity contribution in [3.63, 3.8) is 0 Å². The molecule has 138 valence electrons. The number of nitrogens with zero attached hydrogens (tertiary/aromatic N) is 1. The molecule has 2 aliphatic heterocycles. The zero-order valence-corrected chi connectivity index (χ0v) is 15.4. The third-order valence-corrected chi connectivity index (χ3v) is 6.20. The fraction of sp³-hybridized carbons (Fsp3) is 0.348. The predicted molar refractivity (Wildman–Crippen MR) is 102 cm³/mol. The highest BCUT2D eigenvalue weighted by Gasteiger charge is 2.50. The van der Waals surface area contributed by atoms with Crippen LogP contribution in [0.15, 0.2) is 66.4 Å². The zero-order valence-electron chi connectivity index (χ0n) is 15.4. The summed E-state index contributed by atoms with van der Waals surface area (Å²) in [6.45, 7) is 3.28. The van der Waals surface area contributed by atoms with Crippen LogP contribution < -0.4 is 0 Å². The first-order valence-electron chi connectivity index (χ1n) is 9.60. The van der Waals surface area contributed by atoms with Gasteiger partial charge in [-0.3, -0.25) is 4.90 Å². The lowest BCUT2D eigenvalue weighted by atomic mass is 9.78. The maximum Gasteiger partial charge on any atom is 0.413 e. The molecule has 1 aliphatic carbocycles. The largest absolute Gasteiger partial charge is 0.447 e. The molecule has 2 fully saturated rings. The fourth-order valence-electron chi connectivity index (χ4n) is 4.75. The molecule has 0 radical (unpaired) electrons. The van der Waals surface area contributed by atoms with E-state index >= 15 is 0 Å². The zero-order chi connectivity index (χ0) is 18.4. The highest BCUT2D eigenvalue weighted by molar-refractivity contribution is 5.70. The number of rotatable bonds is 2. The van der Waals surface area contributed by atoms with Gasteiger partial charge in [0.15, 0.2) is 0 Å². The molecule has 0 unspecified atom stereocenters. The van der Waals surface area contributed by atoms with Crippen molar-refractivity contribution in [3.05, 3.63) is 83.1 Å². The first-order valence-corrected chi connectivity index (χ1v) is 9.60. The van der Waals surface area contributed by atoms with Crippen molar-refractivity contribution in [1.29, 1.82) is 0 Å². The van der Waals surface area contributed by atoms with E-state index in [-0.39, 0.29) is 17.8 Å². The van der Waals surface area contributed by atoms with E-state index in [2.05, 4.69) is 43.3 Å². The van der Waals surface area contributed by atoms with Crippen molar-refractivity contribution in [2.75, 3.05) is 13.2 Å². The monoisotopic (exact) mass is 361 g/mol. The molecule has 1 amide bonds. The Morgan fingerprint density at radius 2 is 1.85 bits per heavy atom. The number of amides is 1. The normalized spacial score (nSPS) is 30.9. The van der Waals surface area contributed by atoms with Gasteiger partial charge < -0.3 is 9.47 Å². The molecule has 0 bridgehead atoms. The van der Waals surface area contributed by atoms with Crippen LogP contribution in [-0.2, 0) is 21.5 Å². The van der Waals surface area contributed by atoms with E-state index in [1.807, 2.05) is 24.4 Å². The number of carbonyl (C=O) groups excluding carboxylic acids is 1. The van der Waals surface area contributed by atoms with E-state index in [1.54, 1.807) is 4.90 Å². The smallest absolute Gasteiger partial charge is 0.413 e. The summed E-state index contributed by atoms with van der Waals surface area (Å²) in [5.74, 6) is 0.375. The highest BCUT2D eigenvalue weighted by atomic mass is 16.6. The van der Waals surface area contributed by atoms with Gasteiger partial charge in [-0.15, -0.1) is 0 Å². The van der Waals surface area contributed by atoms with Crippen LogP contribution in [0.1, 0.15) is 36.1 Å². The van der Waals surface area contributed by atoms with Crippen LogP contribution in [0, 0.1) is 5.92 Å². The molecule has 0 spiro atoms. The van der Waals surface area contributed by atoms with Gasteiger partial charge in [0.05, 0.1) is 12.1 Å². The maximum atomic E-state index is 12.0. The second-order valence-corrected chi connectivity index (χ2v) is 7.79. The molecular formula is C23H23NO3. The van der Waals surface area contributed by atoms with Gasteiger partial charge in [0, 0.05) is 6.20 Å². The van der Waals surface area contributed by atoms with Crippen LogP contribution in [0.4, 0.5) is 4.79 Å². The number of hydrogen-bond acceptors (Lipinski definition) is 3. The van der Waals surface area contributed by atoms with Crippen LogP contribution in [0.3, 0.4) is 0 Å². The Balaban J connectivity index is 1.57. The Kier molecular flexibility index (Phi) is 3.83. The molecule has 2 aromatic rings. The van der Waals surface area contributed by atoms with Crippen molar-refractivity contribution in [2.24, 2.45) is 5.92 Å². The molecule has 0 aromatic heterocycles. The van der Waals surface area contributed by atoms with Crippen LogP contribution in [0.5, 0.6) is 0 Å². The number of carbonyl (C=O) groups is 1. The van der Waals surface area contributed by atoms with E-state index in [1.165, 1.54) is 11.1 Å². The van der Waals surface area contributed by atoms with Gasteiger partial charge in [0.1, 0.15) is 12.7 Å². The lowest BCUT2D eigenvalue weighted by Crippen LogP contribution is -2.39. The molecule has 2 aromatic carbocycles. The Labute approximate surface area is 159 Å². The molecule has 27 heavy (non-hydrogen) atoms. The van der Waals surface area contributed by atoms with E-state index in [4.69, 9.17) is 9.47 Å². The van der Waals surface area contributed by atoms with Crippen molar-refractivity contribution in [1.82, 2.24) is 4.90 Å². The average Bonchev–Trinajstić information content (AvgIpc) is 3.22. The molecule has 4 heteroatoms. The molecule has 3 atom stereocenters. The molecule has 3 aliphatic rings. The third kappa shape index (κ3) is 2.67. The van der Waals surface area contributed by atoms with Crippen LogP contribution in [0.25, 0.3) is 0 Å². The first kappa shape index (κ1) is 16.6. The SMILES string of the molecule is C[C@]12O[C@@H](c3ccccc3)/C(=C\N3CCOC3=O)C[C@H]1Cc1ccccc12. The second kappa shape index (κ2) is 6.24. The highest BCUT2D eigenvalue weighted by Crippen LogP contribution is 2.54. The fourth-order valence-corrected chi connectivity index (χ4v) is 4.75. The number of hydrogen-bond donors (Lipinski definition) is 0. The number of cyclic esters (lactones) is 1. The lowest BCUT2D eigenvalue weighted by molar-refractivity contribution is -0.128. The number of ether oxygens (including phenoxy) is 2. The topological polar surface area (TPSA) is 38.8 Å². The molecule has 5 rings (SSSR count). The van der Waals surface area contributed by atoms with Gasteiger partial charge >= 0.3 is 6.09 Å². The summed E-state index contributed by atoms with van der Waals surface area (Å²) in [5, 5.41) is 0. The van der Waals surface area contributed by atoms with Crippen LogP contribution >= 0.6 is 0 Å². The summed E-state index contributed by atoms with van der Waals surface area (Å²) in [6, 6.07) is 18.9. The van der Waals surface area contributed by atoms with Crippen molar-refractivity contribution < 1.29 is 14.3 Å². The van der Waals surface area contributed by atoms with Gasteiger partial charge in [-0.2, -0.15) is 0 Å². The van der Waals surface area contributed by atoms with Crippen molar-refractivity contribution in [2.45, 2.75) is 31.5 Å². The van der Waals surface area contributed by atoms with E-state index in [0.29, 0.717) is 19.1 Å². The van der Waals surface area contributed by atoms with Gasteiger partial charge in [-0.05, 0) is 47.9 Å². The molecule has 4 nitrogen and oxygen atoms in total. The number of benzene rings is 2. The van der Waals surface area contributed by atoms with Crippen LogP contribution in [-0.4, -0.2) is 24.1 Å². The minimum Gasteiger partial charge on any atom is -0.447 e. The lowest BCUT2D eigenvalue weighted by Gasteiger charge is -2.43. The summed E-state index contributed by atoms with van der Waals surface area (Å²) >= 11 is 0. The molecule has 0 N–H and O–H groups in total. The van der Waals surface area contributed by atoms with Gasteiger partial charge in [-0.1, -0.05) is 54.6 Å². The van der Waals surface area contributed by atoms with E-state index in [0.717, 1.165) is 24.0 Å². The summed E-state index contributed by atoms with van der Waals surface area (Å²) in [6.07, 6.45) is 3.46. The molecular weight excluding hydrogens is 338 g/mol. The minimum absolute atomic E-state index is 0.160. The molecule has 0 saturated carbocycles. The van der Waals surface area contributed by atoms with Crippen molar-refractivity contribution in [3.8, 4) is 0 Å². The first-order chi connectivity index (χ1) is 13.1. The van der Waals surface area contributed by atoms with Gasteiger partial charge in [0.2, 0.25) is 0 Å². The minimum atomic E-state index is -0.306. The quantitative estimate of drug-likeness (QED) is 0.786. The van der Waals surface area contributed by atoms with E-state index < -0.39 is 0 Å². The molecule has 2 heterocycles. The molecule has 2 saturated heterocycles. The predicted octanol–water partition coefficient (Wildman–Crippen LogP) is 4.57. The Morgan fingerprint density at radius 3 is 2.63 bits per heavy atom. The second-order valence-electron chi connectivity index (χ2n) is 7.79. The van der Waals surface area contributed by atoms with E-state index in [9.17, 15) is 4.79 Å².